The van der Waals surface area contributed by atoms with Gasteiger partial charge in [-0.1, -0.05) is 26.3 Å². The van der Waals surface area contributed by atoms with Crippen LogP contribution in [0.5, 0.6) is 11.5 Å². The maximum atomic E-state index is 9.71. The van der Waals surface area contributed by atoms with Crippen LogP contribution in [0, 0.1) is 11.8 Å². The third-order valence-corrected chi connectivity index (χ3v) is 4.64. The molecule has 0 heterocycles. The van der Waals surface area contributed by atoms with Gasteiger partial charge in [-0.05, 0) is 49.3 Å². The topological polar surface area (TPSA) is 41.5 Å². The zero-order valence-electron chi connectivity index (χ0n) is 12.9. The highest BCUT2D eigenvalue weighted by Crippen LogP contribution is 2.34. The second-order valence-corrected chi connectivity index (χ2v) is 5.83. The molecule has 0 aliphatic heterocycles. The van der Waals surface area contributed by atoms with E-state index in [9.17, 15) is 5.11 Å². The molecular weight excluding hydrogens is 250 g/mol. The molecule has 1 aliphatic carbocycles. The van der Waals surface area contributed by atoms with Gasteiger partial charge in [-0.2, -0.15) is 0 Å². The molecule has 3 atom stereocenters. The second kappa shape index (κ2) is 6.98. The number of ether oxygens (including phenoxy) is 1. The smallest absolute Gasteiger partial charge is 0.161 e. The summed E-state index contributed by atoms with van der Waals surface area (Å²) in [7, 11) is 0. The molecule has 0 aromatic heterocycles. The van der Waals surface area contributed by atoms with Crippen molar-refractivity contribution in [2.45, 2.75) is 52.6 Å². The quantitative estimate of drug-likeness (QED) is 0.833. The summed E-state index contributed by atoms with van der Waals surface area (Å²) in [4.78, 5) is 0. The van der Waals surface area contributed by atoms with E-state index in [4.69, 9.17) is 4.74 Å². The van der Waals surface area contributed by atoms with Crippen LogP contribution in [0.15, 0.2) is 18.2 Å². The number of hydrogen-bond acceptors (Lipinski definition) is 3. The van der Waals surface area contributed by atoms with Crippen molar-refractivity contribution in [2.75, 3.05) is 6.61 Å². The third kappa shape index (κ3) is 3.45. The summed E-state index contributed by atoms with van der Waals surface area (Å²) in [5.74, 6) is 2.42. The molecule has 3 heteroatoms. The zero-order chi connectivity index (χ0) is 14.5. The normalized spacial score (nSPS) is 25.9. The molecule has 0 amide bonds. The third-order valence-electron chi connectivity index (χ3n) is 4.64. The Labute approximate surface area is 122 Å². The van der Waals surface area contributed by atoms with Crippen molar-refractivity contribution in [1.82, 2.24) is 5.32 Å². The van der Waals surface area contributed by atoms with Crippen molar-refractivity contribution in [1.29, 1.82) is 0 Å². The Bertz CT molecular complexity index is 433. The van der Waals surface area contributed by atoms with Gasteiger partial charge in [0.1, 0.15) is 0 Å². The van der Waals surface area contributed by atoms with E-state index in [0.717, 1.165) is 18.4 Å². The number of phenols is 1. The summed E-state index contributed by atoms with van der Waals surface area (Å²) >= 11 is 0. The summed E-state index contributed by atoms with van der Waals surface area (Å²) < 4.78 is 5.43. The molecule has 2 N–H and O–H groups in total. The van der Waals surface area contributed by atoms with Gasteiger partial charge in [0, 0.05) is 12.6 Å². The standard InChI is InChI=1S/C17H27NO2/c1-4-14-7-8-15(12(14)3)18-11-13-6-9-16(19)17(10-13)20-5-2/h6,9-10,12,14-15,18-19H,4-5,7-8,11H2,1-3H3. The Morgan fingerprint density at radius 1 is 1.30 bits per heavy atom. The molecule has 0 bridgehead atoms. The SMILES string of the molecule is CCOc1cc(CNC2CCC(CC)C2C)ccc1O. The first-order valence-corrected chi connectivity index (χ1v) is 7.83. The lowest BCUT2D eigenvalue weighted by Gasteiger charge is -2.21. The van der Waals surface area contributed by atoms with E-state index in [1.165, 1.54) is 24.8 Å². The molecular formula is C17H27NO2. The number of hydrogen-bond donors (Lipinski definition) is 2. The van der Waals surface area contributed by atoms with Gasteiger partial charge in [-0.15, -0.1) is 0 Å². The summed E-state index contributed by atoms with van der Waals surface area (Å²) in [6.07, 6.45) is 3.90. The fourth-order valence-corrected chi connectivity index (χ4v) is 3.30. The lowest BCUT2D eigenvalue weighted by Crippen LogP contribution is -2.32. The fraction of sp³-hybridized carbons (Fsp3) is 0.647. The Kier molecular flexibility index (Phi) is 5.30. The Morgan fingerprint density at radius 2 is 2.10 bits per heavy atom. The van der Waals surface area contributed by atoms with Gasteiger partial charge in [0.25, 0.3) is 0 Å². The van der Waals surface area contributed by atoms with Crippen molar-refractivity contribution in [3.8, 4) is 11.5 Å². The minimum Gasteiger partial charge on any atom is -0.504 e. The van der Waals surface area contributed by atoms with Crippen molar-refractivity contribution >= 4 is 0 Å². The molecule has 3 nitrogen and oxygen atoms in total. The van der Waals surface area contributed by atoms with Crippen LogP contribution in [0.25, 0.3) is 0 Å². The van der Waals surface area contributed by atoms with Crippen molar-refractivity contribution in [3.63, 3.8) is 0 Å². The maximum absolute atomic E-state index is 9.71. The average molecular weight is 277 g/mol. The molecule has 112 valence electrons. The molecule has 0 spiro atoms. The molecule has 0 radical (unpaired) electrons. The van der Waals surface area contributed by atoms with E-state index < -0.39 is 0 Å². The van der Waals surface area contributed by atoms with Gasteiger partial charge in [0.15, 0.2) is 11.5 Å². The van der Waals surface area contributed by atoms with E-state index in [1.54, 1.807) is 6.07 Å². The molecule has 1 saturated carbocycles. The lowest BCUT2D eigenvalue weighted by molar-refractivity contribution is 0.317. The van der Waals surface area contributed by atoms with Crippen LogP contribution in [-0.2, 0) is 6.54 Å². The molecule has 0 saturated heterocycles. The van der Waals surface area contributed by atoms with E-state index >= 15 is 0 Å². The number of phenolic OH excluding ortho intramolecular Hbond substituents is 1. The van der Waals surface area contributed by atoms with Gasteiger partial charge < -0.3 is 15.2 Å². The Morgan fingerprint density at radius 3 is 2.75 bits per heavy atom. The van der Waals surface area contributed by atoms with Crippen LogP contribution in [-0.4, -0.2) is 17.8 Å². The Balaban J connectivity index is 1.92. The molecule has 3 unspecified atom stereocenters. The highest BCUT2D eigenvalue weighted by Gasteiger charge is 2.30. The molecule has 2 rings (SSSR count). The Hall–Kier alpha value is -1.22. The second-order valence-electron chi connectivity index (χ2n) is 5.83. The maximum Gasteiger partial charge on any atom is 0.161 e. The summed E-state index contributed by atoms with van der Waals surface area (Å²) in [6.45, 7) is 7.99. The van der Waals surface area contributed by atoms with Crippen LogP contribution in [0.2, 0.25) is 0 Å². The molecule has 1 aromatic carbocycles. The summed E-state index contributed by atoms with van der Waals surface area (Å²) in [5.41, 5.74) is 1.17. The van der Waals surface area contributed by atoms with Gasteiger partial charge in [0.2, 0.25) is 0 Å². The van der Waals surface area contributed by atoms with E-state index in [-0.39, 0.29) is 5.75 Å². The van der Waals surface area contributed by atoms with Crippen molar-refractivity contribution in [3.05, 3.63) is 23.8 Å². The first-order chi connectivity index (χ1) is 9.65. The highest BCUT2D eigenvalue weighted by atomic mass is 16.5. The van der Waals surface area contributed by atoms with Gasteiger partial charge in [-0.3, -0.25) is 0 Å². The lowest BCUT2D eigenvalue weighted by atomic mass is 9.93. The fourth-order valence-electron chi connectivity index (χ4n) is 3.30. The van der Waals surface area contributed by atoms with E-state index in [2.05, 4.69) is 19.2 Å². The highest BCUT2D eigenvalue weighted by molar-refractivity contribution is 5.41. The van der Waals surface area contributed by atoms with Gasteiger partial charge >= 0.3 is 0 Å². The molecule has 1 aromatic rings. The van der Waals surface area contributed by atoms with Crippen LogP contribution in [0.1, 0.15) is 45.6 Å². The van der Waals surface area contributed by atoms with Gasteiger partial charge in [-0.25, -0.2) is 0 Å². The van der Waals surface area contributed by atoms with E-state index in [0.29, 0.717) is 18.4 Å². The first-order valence-electron chi connectivity index (χ1n) is 7.83. The number of nitrogens with one attached hydrogen (secondary N) is 1. The zero-order valence-corrected chi connectivity index (χ0v) is 12.9. The number of benzene rings is 1. The van der Waals surface area contributed by atoms with E-state index in [1.807, 2.05) is 19.1 Å². The predicted octanol–water partition coefficient (Wildman–Crippen LogP) is 3.71. The van der Waals surface area contributed by atoms with Crippen LogP contribution in [0.4, 0.5) is 0 Å². The predicted molar refractivity (Wildman–Crippen MR) is 82.1 cm³/mol. The van der Waals surface area contributed by atoms with Gasteiger partial charge in [0.05, 0.1) is 6.61 Å². The minimum atomic E-state index is 0.218. The minimum absolute atomic E-state index is 0.218. The first kappa shape index (κ1) is 15.2. The van der Waals surface area contributed by atoms with Crippen LogP contribution in [0.3, 0.4) is 0 Å². The summed E-state index contributed by atoms with van der Waals surface area (Å²) in [6, 6.07) is 6.23. The molecule has 1 fully saturated rings. The summed E-state index contributed by atoms with van der Waals surface area (Å²) in [5, 5.41) is 13.4. The van der Waals surface area contributed by atoms with Crippen LogP contribution < -0.4 is 10.1 Å². The van der Waals surface area contributed by atoms with Crippen LogP contribution >= 0.6 is 0 Å². The van der Waals surface area contributed by atoms with Crippen molar-refractivity contribution in [2.24, 2.45) is 11.8 Å². The largest absolute Gasteiger partial charge is 0.504 e. The monoisotopic (exact) mass is 277 g/mol. The number of aromatic hydroxyl groups is 1. The van der Waals surface area contributed by atoms with Crippen molar-refractivity contribution < 1.29 is 9.84 Å². The molecule has 1 aliphatic rings. The average Bonchev–Trinajstić information content (AvgIpc) is 2.80. The number of rotatable bonds is 6. The molecule has 20 heavy (non-hydrogen) atoms.